The molecule has 0 bridgehead atoms. The molecule has 19 heavy (non-hydrogen) atoms. The van der Waals surface area contributed by atoms with Crippen LogP contribution in [0.2, 0.25) is 5.02 Å². The minimum absolute atomic E-state index is 0.0621. The van der Waals surface area contributed by atoms with E-state index in [9.17, 15) is 0 Å². The second-order valence-corrected chi connectivity index (χ2v) is 4.86. The van der Waals surface area contributed by atoms with Crippen LogP contribution in [0, 0.1) is 0 Å². The summed E-state index contributed by atoms with van der Waals surface area (Å²) >= 11 is 6.00. The second-order valence-electron chi connectivity index (χ2n) is 4.46. The molecule has 1 unspecified atom stereocenters. The lowest BCUT2D eigenvalue weighted by molar-refractivity contribution is 0.0227. The number of hydrogen-bond acceptors (Lipinski definition) is 4. The summed E-state index contributed by atoms with van der Waals surface area (Å²) in [6.45, 7) is 0.775. The van der Waals surface area contributed by atoms with E-state index in [1.807, 2.05) is 6.07 Å². The first-order valence-electron chi connectivity index (χ1n) is 6.33. The Bertz CT molecular complexity index is 493. The predicted molar refractivity (Wildman–Crippen MR) is 80.1 cm³/mol. The summed E-state index contributed by atoms with van der Waals surface area (Å²) in [6.07, 6.45) is 6.40. The van der Waals surface area contributed by atoms with Gasteiger partial charge in [-0.1, -0.05) is 17.7 Å². The van der Waals surface area contributed by atoms with Crippen LogP contribution in [0.5, 0.6) is 0 Å². The maximum atomic E-state index is 6.00. The highest BCUT2D eigenvalue weighted by atomic mass is 35.5. The smallest absolute Gasteiger partial charge is 0.148 e. The van der Waals surface area contributed by atoms with E-state index in [4.69, 9.17) is 27.8 Å². The minimum atomic E-state index is -0.0621. The molecular weight excluding hydrogens is 262 g/mol. The van der Waals surface area contributed by atoms with Gasteiger partial charge in [-0.2, -0.15) is 0 Å². The molecule has 4 N–H and O–H groups in total. The Labute approximate surface area is 118 Å². The number of nitrogens with zero attached hydrogens (tertiary/aromatic N) is 1. The van der Waals surface area contributed by atoms with Crippen molar-refractivity contribution in [1.82, 2.24) is 0 Å². The van der Waals surface area contributed by atoms with Crippen molar-refractivity contribution in [3.63, 3.8) is 0 Å². The molecule has 0 radical (unpaired) electrons. The van der Waals surface area contributed by atoms with Crippen molar-refractivity contribution in [1.29, 1.82) is 0 Å². The first kappa shape index (κ1) is 13.9. The lowest BCUT2D eigenvalue weighted by Crippen LogP contribution is -2.16. The highest BCUT2D eigenvalue weighted by Gasteiger charge is 2.11. The Morgan fingerprint density at radius 2 is 2.26 bits per heavy atom. The zero-order valence-electron chi connectivity index (χ0n) is 10.7. The van der Waals surface area contributed by atoms with Crippen LogP contribution in [-0.2, 0) is 4.74 Å². The molecule has 102 valence electrons. The van der Waals surface area contributed by atoms with E-state index in [1.165, 1.54) is 6.20 Å². The molecule has 1 atom stereocenters. The van der Waals surface area contributed by atoms with Gasteiger partial charge < -0.3 is 16.2 Å². The van der Waals surface area contributed by atoms with Gasteiger partial charge in [-0.15, -0.1) is 0 Å². The molecule has 0 aliphatic carbocycles. The summed E-state index contributed by atoms with van der Waals surface area (Å²) < 4.78 is 5.54. The number of nitrogens with two attached hydrogens (primary N) is 2. The Kier molecular flexibility index (Phi) is 4.82. The summed E-state index contributed by atoms with van der Waals surface area (Å²) in [5.74, 6) is 0. The highest BCUT2D eigenvalue weighted by molar-refractivity contribution is 6.33. The van der Waals surface area contributed by atoms with Gasteiger partial charge in [-0.25, -0.2) is 0 Å². The minimum Gasteiger partial charge on any atom is -0.404 e. The van der Waals surface area contributed by atoms with Crippen molar-refractivity contribution in [2.24, 2.45) is 10.7 Å². The van der Waals surface area contributed by atoms with Crippen molar-refractivity contribution in [2.45, 2.75) is 25.5 Å². The van der Waals surface area contributed by atoms with Crippen LogP contribution in [0.25, 0.3) is 5.57 Å². The number of nitrogen functional groups attached to an aromatic ring is 1. The fourth-order valence-electron chi connectivity index (χ4n) is 1.93. The number of aliphatic imine (C=N–C) groups is 1. The van der Waals surface area contributed by atoms with Crippen LogP contribution in [0.3, 0.4) is 0 Å². The van der Waals surface area contributed by atoms with Gasteiger partial charge >= 0.3 is 0 Å². The zero-order chi connectivity index (χ0) is 13.7. The van der Waals surface area contributed by atoms with E-state index >= 15 is 0 Å². The molecule has 1 aliphatic rings. The van der Waals surface area contributed by atoms with Crippen LogP contribution in [0.1, 0.15) is 24.8 Å². The number of ether oxygens (including phenoxy) is 1. The molecule has 1 aromatic carbocycles. The Hall–Kier alpha value is -1.52. The number of allylic oxidation sites excluding steroid dienone is 1. The molecule has 1 aliphatic heterocycles. The first-order valence-corrected chi connectivity index (χ1v) is 6.70. The molecule has 4 nitrogen and oxygen atoms in total. The third-order valence-corrected chi connectivity index (χ3v) is 3.38. The average molecular weight is 280 g/mol. The standard InChI is InChI=1S/C14H18ClN3O/c15-12-7-10(4-5-13(12)17)11(8-16)9-18-14-3-1-2-6-19-14/h4-5,7-9,14H,1-3,6,16-17H2. The predicted octanol–water partition coefficient (Wildman–Crippen LogP) is 2.82. The highest BCUT2D eigenvalue weighted by Crippen LogP contribution is 2.23. The van der Waals surface area contributed by atoms with Crippen molar-refractivity contribution in [3.8, 4) is 0 Å². The molecule has 1 fully saturated rings. The van der Waals surface area contributed by atoms with E-state index in [0.717, 1.165) is 37.0 Å². The van der Waals surface area contributed by atoms with E-state index < -0.39 is 0 Å². The zero-order valence-corrected chi connectivity index (χ0v) is 11.4. The monoisotopic (exact) mass is 279 g/mol. The lowest BCUT2D eigenvalue weighted by atomic mass is 10.1. The average Bonchev–Trinajstić information content (AvgIpc) is 2.44. The normalized spacial score (nSPS) is 20.9. The Balaban J connectivity index is 2.11. The van der Waals surface area contributed by atoms with E-state index in [2.05, 4.69) is 4.99 Å². The van der Waals surface area contributed by atoms with Gasteiger partial charge in [0.15, 0.2) is 0 Å². The molecule has 2 rings (SSSR count). The molecule has 1 heterocycles. The molecule has 0 saturated carbocycles. The quantitative estimate of drug-likeness (QED) is 0.660. The summed E-state index contributed by atoms with van der Waals surface area (Å²) in [4.78, 5) is 4.41. The first-order chi connectivity index (χ1) is 9.20. The van der Waals surface area contributed by atoms with Gasteiger partial charge in [-0.05, 0) is 37.0 Å². The van der Waals surface area contributed by atoms with Gasteiger partial charge in [0.1, 0.15) is 6.23 Å². The van der Waals surface area contributed by atoms with Crippen molar-refractivity contribution in [3.05, 3.63) is 35.0 Å². The third kappa shape index (κ3) is 3.72. The molecule has 1 saturated heterocycles. The van der Waals surface area contributed by atoms with Crippen LogP contribution in [0.4, 0.5) is 5.69 Å². The third-order valence-electron chi connectivity index (χ3n) is 3.05. The van der Waals surface area contributed by atoms with Crippen LogP contribution >= 0.6 is 11.6 Å². The maximum Gasteiger partial charge on any atom is 0.148 e. The Morgan fingerprint density at radius 1 is 1.42 bits per heavy atom. The maximum absolute atomic E-state index is 6.00. The topological polar surface area (TPSA) is 73.6 Å². The van der Waals surface area contributed by atoms with Crippen LogP contribution < -0.4 is 11.5 Å². The fraction of sp³-hybridized carbons (Fsp3) is 0.357. The largest absolute Gasteiger partial charge is 0.404 e. The fourth-order valence-corrected chi connectivity index (χ4v) is 2.11. The summed E-state index contributed by atoms with van der Waals surface area (Å²) in [5, 5.41) is 0.513. The Morgan fingerprint density at radius 3 is 2.89 bits per heavy atom. The molecule has 0 aromatic heterocycles. The molecule has 0 amide bonds. The van der Waals surface area contributed by atoms with E-state index in [-0.39, 0.29) is 6.23 Å². The number of anilines is 1. The summed E-state index contributed by atoms with van der Waals surface area (Å²) in [5.41, 5.74) is 13.6. The lowest BCUT2D eigenvalue weighted by Gasteiger charge is -2.18. The molecule has 0 spiro atoms. The number of benzene rings is 1. The number of hydrogen-bond donors (Lipinski definition) is 2. The van der Waals surface area contributed by atoms with Crippen LogP contribution in [0.15, 0.2) is 29.4 Å². The SMILES string of the molecule is NC=C(C=NC1CCCCO1)c1ccc(N)c(Cl)c1. The van der Waals surface area contributed by atoms with E-state index in [0.29, 0.717) is 10.7 Å². The van der Waals surface area contributed by atoms with Gasteiger partial charge in [0.05, 0.1) is 10.7 Å². The molecular formula is C14H18ClN3O. The van der Waals surface area contributed by atoms with E-state index in [1.54, 1.807) is 18.3 Å². The summed E-state index contributed by atoms with van der Waals surface area (Å²) in [7, 11) is 0. The van der Waals surface area contributed by atoms with Crippen molar-refractivity contribution in [2.75, 3.05) is 12.3 Å². The van der Waals surface area contributed by atoms with Gasteiger partial charge in [0, 0.05) is 24.6 Å². The van der Waals surface area contributed by atoms with Gasteiger partial charge in [-0.3, -0.25) is 4.99 Å². The second kappa shape index (κ2) is 6.59. The van der Waals surface area contributed by atoms with Crippen LogP contribution in [-0.4, -0.2) is 19.0 Å². The number of halogens is 1. The van der Waals surface area contributed by atoms with Crippen molar-refractivity contribution < 1.29 is 4.74 Å². The van der Waals surface area contributed by atoms with Gasteiger partial charge in [0.2, 0.25) is 0 Å². The van der Waals surface area contributed by atoms with Crippen molar-refractivity contribution >= 4 is 29.1 Å². The summed E-state index contributed by atoms with van der Waals surface area (Å²) in [6, 6.07) is 5.41. The van der Waals surface area contributed by atoms with Gasteiger partial charge in [0.25, 0.3) is 0 Å². The molecule has 1 aromatic rings. The number of rotatable bonds is 3. The molecule has 5 heteroatoms.